The predicted molar refractivity (Wildman–Crippen MR) is 97.7 cm³/mol. The van der Waals surface area contributed by atoms with Crippen molar-refractivity contribution in [2.24, 2.45) is 0 Å². The topological polar surface area (TPSA) is 50.3 Å². The van der Waals surface area contributed by atoms with Gasteiger partial charge in [0.25, 0.3) is 11.8 Å². The molecule has 25 heavy (non-hydrogen) atoms. The highest BCUT2D eigenvalue weighted by atomic mass is 32.1. The number of hydrogen-bond donors (Lipinski definition) is 0. The molecule has 0 radical (unpaired) electrons. The van der Waals surface area contributed by atoms with Crippen LogP contribution >= 0.6 is 11.3 Å². The van der Waals surface area contributed by atoms with E-state index in [1.807, 2.05) is 53.2 Å². The van der Waals surface area contributed by atoms with E-state index in [0.717, 1.165) is 5.56 Å². The van der Waals surface area contributed by atoms with Crippen molar-refractivity contribution in [3.05, 3.63) is 87.9 Å². The Hall–Kier alpha value is -3.05. The lowest BCUT2D eigenvalue weighted by atomic mass is 9.92. The average molecular weight is 346 g/mol. The lowest BCUT2D eigenvalue weighted by Crippen LogP contribution is -2.41. The van der Waals surface area contributed by atoms with Crippen LogP contribution in [0.4, 0.5) is 0 Å². The van der Waals surface area contributed by atoms with E-state index in [-0.39, 0.29) is 18.4 Å². The van der Waals surface area contributed by atoms with Crippen molar-refractivity contribution in [3.8, 4) is 0 Å². The van der Waals surface area contributed by atoms with Gasteiger partial charge in [0.1, 0.15) is 0 Å². The van der Waals surface area contributed by atoms with Gasteiger partial charge in [-0.2, -0.15) is 11.3 Å². The quantitative estimate of drug-likeness (QED) is 0.534. The van der Waals surface area contributed by atoms with Crippen LogP contribution in [-0.2, 0) is 11.3 Å². The zero-order valence-corrected chi connectivity index (χ0v) is 14.1. The summed E-state index contributed by atoms with van der Waals surface area (Å²) in [5.74, 6) is -0.575. The first-order chi connectivity index (χ1) is 12.2. The summed E-state index contributed by atoms with van der Waals surface area (Å²) >= 11 is 1.57. The van der Waals surface area contributed by atoms with E-state index in [2.05, 4.69) is 4.98 Å². The van der Waals surface area contributed by atoms with E-state index in [0.29, 0.717) is 22.4 Å². The maximum absolute atomic E-state index is 13.0. The van der Waals surface area contributed by atoms with Crippen LogP contribution in [0.15, 0.2) is 65.5 Å². The van der Waals surface area contributed by atoms with Gasteiger partial charge in [0, 0.05) is 17.3 Å². The number of hydrogen-bond acceptors (Lipinski definition) is 4. The molecule has 0 fully saturated rings. The molecule has 0 bridgehead atoms. The van der Waals surface area contributed by atoms with Gasteiger partial charge in [0.05, 0.1) is 12.2 Å². The molecule has 0 unspecified atom stereocenters. The molecule has 0 spiro atoms. The summed E-state index contributed by atoms with van der Waals surface area (Å²) in [6.07, 6.45) is 3.50. The number of fused-ring (bicyclic) bond motifs is 1. The number of aromatic nitrogens is 1. The van der Waals surface area contributed by atoms with E-state index in [9.17, 15) is 9.59 Å². The van der Waals surface area contributed by atoms with Crippen LogP contribution in [0.5, 0.6) is 0 Å². The Bertz CT molecular complexity index is 962. The van der Waals surface area contributed by atoms with Crippen LogP contribution in [0.25, 0.3) is 11.6 Å². The SMILES string of the molecule is O=C1/C(=C/c2ccsc2)c2ccccc2C(=O)N1Cc1ccccn1. The van der Waals surface area contributed by atoms with Gasteiger partial charge < -0.3 is 0 Å². The van der Waals surface area contributed by atoms with Crippen molar-refractivity contribution in [1.29, 1.82) is 0 Å². The van der Waals surface area contributed by atoms with Crippen molar-refractivity contribution in [2.45, 2.75) is 6.54 Å². The molecule has 122 valence electrons. The van der Waals surface area contributed by atoms with Gasteiger partial charge in [-0.1, -0.05) is 24.3 Å². The summed E-state index contributed by atoms with van der Waals surface area (Å²) in [6.45, 7) is 0.161. The van der Waals surface area contributed by atoms with Gasteiger partial charge in [0.15, 0.2) is 0 Å². The molecule has 4 nitrogen and oxygen atoms in total. The maximum atomic E-state index is 13.0. The Balaban J connectivity index is 1.80. The van der Waals surface area contributed by atoms with E-state index in [1.165, 1.54) is 4.90 Å². The molecule has 0 N–H and O–H groups in total. The van der Waals surface area contributed by atoms with Crippen LogP contribution in [-0.4, -0.2) is 21.7 Å². The van der Waals surface area contributed by atoms with Gasteiger partial charge in [0.2, 0.25) is 0 Å². The summed E-state index contributed by atoms with van der Waals surface area (Å²) in [6, 6.07) is 14.6. The first-order valence-corrected chi connectivity index (χ1v) is 8.78. The molecule has 1 aliphatic heterocycles. The van der Waals surface area contributed by atoms with E-state index in [4.69, 9.17) is 0 Å². The third-order valence-electron chi connectivity index (χ3n) is 4.07. The molecule has 0 saturated heterocycles. The minimum atomic E-state index is -0.291. The Morgan fingerprint density at radius 1 is 0.960 bits per heavy atom. The molecule has 0 atom stereocenters. The fourth-order valence-electron chi connectivity index (χ4n) is 2.86. The largest absolute Gasteiger partial charge is 0.269 e. The normalized spacial score (nSPS) is 15.5. The zero-order chi connectivity index (χ0) is 17.2. The van der Waals surface area contributed by atoms with Crippen LogP contribution in [0, 0.1) is 0 Å². The number of carbonyl (C=O) groups excluding carboxylic acids is 2. The molecule has 1 aliphatic rings. The van der Waals surface area contributed by atoms with Gasteiger partial charge in [-0.25, -0.2) is 0 Å². The number of amides is 2. The summed E-state index contributed by atoms with van der Waals surface area (Å²) in [4.78, 5) is 31.4. The van der Waals surface area contributed by atoms with Crippen molar-refractivity contribution in [2.75, 3.05) is 0 Å². The summed E-state index contributed by atoms with van der Waals surface area (Å²) in [7, 11) is 0. The summed E-state index contributed by atoms with van der Waals surface area (Å²) in [5.41, 5.74) is 3.39. The molecular formula is C20H14N2O2S. The number of rotatable bonds is 3. The molecule has 3 heterocycles. The smallest absolute Gasteiger partial charge is 0.261 e. The lowest BCUT2D eigenvalue weighted by Gasteiger charge is -2.28. The third kappa shape index (κ3) is 2.90. The molecule has 2 amide bonds. The Morgan fingerprint density at radius 3 is 2.48 bits per heavy atom. The van der Waals surface area contributed by atoms with Gasteiger partial charge >= 0.3 is 0 Å². The van der Waals surface area contributed by atoms with E-state index in [1.54, 1.807) is 29.7 Å². The Labute approximate surface area is 149 Å². The number of thiophene rings is 1. The second-order valence-electron chi connectivity index (χ2n) is 5.68. The minimum absolute atomic E-state index is 0.161. The van der Waals surface area contributed by atoms with Gasteiger partial charge in [-0.15, -0.1) is 0 Å². The van der Waals surface area contributed by atoms with Crippen molar-refractivity contribution >= 4 is 34.8 Å². The van der Waals surface area contributed by atoms with Crippen molar-refractivity contribution < 1.29 is 9.59 Å². The highest BCUT2D eigenvalue weighted by Crippen LogP contribution is 2.31. The highest BCUT2D eigenvalue weighted by Gasteiger charge is 2.34. The highest BCUT2D eigenvalue weighted by molar-refractivity contribution is 7.08. The predicted octanol–water partition coefficient (Wildman–Crippen LogP) is 3.87. The lowest BCUT2D eigenvalue weighted by molar-refractivity contribution is -0.123. The van der Waals surface area contributed by atoms with Crippen LogP contribution < -0.4 is 0 Å². The first-order valence-electron chi connectivity index (χ1n) is 7.83. The summed E-state index contributed by atoms with van der Waals surface area (Å²) in [5, 5.41) is 3.94. The van der Waals surface area contributed by atoms with Crippen LogP contribution in [0.2, 0.25) is 0 Å². The molecule has 5 heteroatoms. The Kier molecular flexibility index (Phi) is 3.99. The molecule has 3 aromatic rings. The van der Waals surface area contributed by atoms with E-state index >= 15 is 0 Å². The molecule has 0 aliphatic carbocycles. The molecule has 4 rings (SSSR count). The summed E-state index contributed by atoms with van der Waals surface area (Å²) < 4.78 is 0. The third-order valence-corrected chi connectivity index (χ3v) is 4.77. The fourth-order valence-corrected chi connectivity index (χ4v) is 3.48. The van der Waals surface area contributed by atoms with Crippen molar-refractivity contribution in [1.82, 2.24) is 9.88 Å². The zero-order valence-electron chi connectivity index (χ0n) is 13.3. The first kappa shape index (κ1) is 15.5. The number of pyridine rings is 1. The van der Waals surface area contributed by atoms with Gasteiger partial charge in [-0.3, -0.25) is 19.5 Å². The Morgan fingerprint density at radius 2 is 1.76 bits per heavy atom. The molecular weight excluding hydrogens is 332 g/mol. The number of benzene rings is 1. The standard InChI is InChI=1S/C20H14N2O2S/c23-19-17-7-2-1-6-16(17)18(11-14-8-10-25-13-14)20(24)22(19)12-15-5-3-4-9-21-15/h1-11,13H,12H2/b18-11+. The second-order valence-corrected chi connectivity index (χ2v) is 6.46. The molecule has 2 aromatic heterocycles. The fraction of sp³-hybridized carbons (Fsp3) is 0.0500. The van der Waals surface area contributed by atoms with Crippen LogP contribution in [0.1, 0.15) is 27.2 Å². The van der Waals surface area contributed by atoms with Gasteiger partial charge in [-0.05, 0) is 52.2 Å². The van der Waals surface area contributed by atoms with E-state index < -0.39 is 0 Å². The number of nitrogens with zero attached hydrogens (tertiary/aromatic N) is 2. The second kappa shape index (κ2) is 6.45. The average Bonchev–Trinajstić information content (AvgIpc) is 3.16. The minimum Gasteiger partial charge on any atom is -0.269 e. The monoisotopic (exact) mass is 346 g/mol. The van der Waals surface area contributed by atoms with Crippen LogP contribution in [0.3, 0.4) is 0 Å². The van der Waals surface area contributed by atoms with Crippen molar-refractivity contribution in [3.63, 3.8) is 0 Å². The molecule has 0 saturated carbocycles. The number of imide groups is 1. The maximum Gasteiger partial charge on any atom is 0.261 e. The number of carbonyl (C=O) groups is 2. The molecule has 1 aromatic carbocycles.